The standard InChI is InChI=1S/C19H23F2N3O/c1-12-16(13(2)23(3)22-12)10-19(25)24-8-4-5-14(11-24)17-9-15(20)6-7-18(17)21/h6-7,9,14H,4-5,8,10-11H2,1-3H3/t14-/m1/s1. The number of halogens is 2. The quantitative estimate of drug-likeness (QED) is 0.855. The normalized spacial score (nSPS) is 17.8. The summed E-state index contributed by atoms with van der Waals surface area (Å²) >= 11 is 0. The lowest BCUT2D eigenvalue weighted by Crippen LogP contribution is -2.40. The lowest BCUT2D eigenvalue weighted by Gasteiger charge is -2.33. The molecule has 0 radical (unpaired) electrons. The van der Waals surface area contributed by atoms with Crippen molar-refractivity contribution in [2.75, 3.05) is 13.1 Å². The van der Waals surface area contributed by atoms with Crippen LogP contribution < -0.4 is 0 Å². The van der Waals surface area contributed by atoms with E-state index in [0.29, 0.717) is 25.1 Å². The first-order valence-corrected chi connectivity index (χ1v) is 8.58. The highest BCUT2D eigenvalue weighted by atomic mass is 19.1. The molecule has 1 fully saturated rings. The Hall–Kier alpha value is -2.24. The first-order chi connectivity index (χ1) is 11.9. The van der Waals surface area contributed by atoms with Gasteiger partial charge in [-0.15, -0.1) is 0 Å². The fourth-order valence-electron chi connectivity index (χ4n) is 3.62. The summed E-state index contributed by atoms with van der Waals surface area (Å²) in [5.41, 5.74) is 3.16. The molecule has 0 N–H and O–H groups in total. The number of hydrogen-bond donors (Lipinski definition) is 0. The maximum atomic E-state index is 14.1. The van der Waals surface area contributed by atoms with Gasteiger partial charge in [0, 0.05) is 37.3 Å². The molecule has 0 saturated carbocycles. The molecule has 0 spiro atoms. The van der Waals surface area contributed by atoms with Crippen molar-refractivity contribution in [1.29, 1.82) is 0 Å². The summed E-state index contributed by atoms with van der Waals surface area (Å²) in [4.78, 5) is 14.5. The number of benzene rings is 1. The summed E-state index contributed by atoms with van der Waals surface area (Å²) in [7, 11) is 1.86. The molecular weight excluding hydrogens is 324 g/mol. The lowest BCUT2D eigenvalue weighted by molar-refractivity contribution is -0.131. The van der Waals surface area contributed by atoms with Gasteiger partial charge in [-0.05, 0) is 50.5 Å². The Morgan fingerprint density at radius 2 is 2.08 bits per heavy atom. The molecule has 0 unspecified atom stereocenters. The van der Waals surface area contributed by atoms with E-state index in [1.807, 2.05) is 20.9 Å². The molecule has 134 valence electrons. The summed E-state index contributed by atoms with van der Waals surface area (Å²) in [6, 6.07) is 3.54. The molecule has 1 atom stereocenters. The van der Waals surface area contributed by atoms with E-state index in [0.717, 1.165) is 41.9 Å². The Bertz CT molecular complexity index is 800. The molecule has 3 rings (SSSR count). The van der Waals surface area contributed by atoms with Crippen LogP contribution in [0, 0.1) is 25.5 Å². The summed E-state index contributed by atoms with van der Waals surface area (Å²) in [6.45, 7) is 4.93. The lowest BCUT2D eigenvalue weighted by atomic mass is 9.90. The fourth-order valence-corrected chi connectivity index (χ4v) is 3.62. The third kappa shape index (κ3) is 3.57. The molecule has 1 aromatic heterocycles. The minimum absolute atomic E-state index is 0.0145. The molecule has 2 aromatic rings. The second kappa shape index (κ2) is 6.94. The van der Waals surface area contributed by atoms with Crippen molar-refractivity contribution in [3.63, 3.8) is 0 Å². The van der Waals surface area contributed by atoms with E-state index in [1.165, 1.54) is 6.07 Å². The van der Waals surface area contributed by atoms with Gasteiger partial charge in [0.05, 0.1) is 12.1 Å². The van der Waals surface area contributed by atoms with Gasteiger partial charge in [-0.1, -0.05) is 0 Å². The van der Waals surface area contributed by atoms with Crippen LogP contribution in [0.3, 0.4) is 0 Å². The van der Waals surface area contributed by atoms with Crippen molar-refractivity contribution in [3.8, 4) is 0 Å². The van der Waals surface area contributed by atoms with Crippen molar-refractivity contribution in [3.05, 3.63) is 52.3 Å². The Balaban J connectivity index is 1.74. The van der Waals surface area contributed by atoms with Crippen LogP contribution in [0.25, 0.3) is 0 Å². The monoisotopic (exact) mass is 347 g/mol. The van der Waals surface area contributed by atoms with Gasteiger partial charge in [-0.25, -0.2) is 8.78 Å². The van der Waals surface area contributed by atoms with Crippen molar-refractivity contribution in [1.82, 2.24) is 14.7 Å². The van der Waals surface area contributed by atoms with Gasteiger partial charge in [-0.3, -0.25) is 9.48 Å². The number of hydrogen-bond acceptors (Lipinski definition) is 2. The number of carbonyl (C=O) groups is 1. The van der Waals surface area contributed by atoms with Gasteiger partial charge in [0.15, 0.2) is 0 Å². The first kappa shape index (κ1) is 17.6. The molecule has 25 heavy (non-hydrogen) atoms. The predicted octanol–water partition coefficient (Wildman–Crippen LogP) is 3.26. The zero-order chi connectivity index (χ0) is 18.1. The van der Waals surface area contributed by atoms with Crippen molar-refractivity contribution >= 4 is 5.91 Å². The molecule has 6 heteroatoms. The minimum atomic E-state index is -0.443. The van der Waals surface area contributed by atoms with Gasteiger partial charge in [0.1, 0.15) is 11.6 Å². The summed E-state index contributed by atoms with van der Waals surface area (Å²) < 4.78 is 29.3. The molecule has 1 aliphatic rings. The Morgan fingerprint density at radius 3 is 2.76 bits per heavy atom. The molecule has 4 nitrogen and oxygen atoms in total. The van der Waals surface area contributed by atoms with Gasteiger partial charge in [0.2, 0.25) is 5.91 Å². The molecule has 1 saturated heterocycles. The van der Waals surface area contributed by atoms with E-state index in [9.17, 15) is 13.6 Å². The number of likely N-dealkylation sites (tertiary alicyclic amines) is 1. The first-order valence-electron chi connectivity index (χ1n) is 8.58. The topological polar surface area (TPSA) is 38.1 Å². The molecule has 1 amide bonds. The number of aryl methyl sites for hydroxylation is 2. The van der Waals surface area contributed by atoms with E-state index >= 15 is 0 Å². The smallest absolute Gasteiger partial charge is 0.227 e. The van der Waals surface area contributed by atoms with E-state index < -0.39 is 11.6 Å². The van der Waals surface area contributed by atoms with Crippen LogP contribution in [0.2, 0.25) is 0 Å². The maximum absolute atomic E-state index is 14.1. The molecule has 0 aliphatic carbocycles. The Morgan fingerprint density at radius 1 is 1.32 bits per heavy atom. The molecule has 2 heterocycles. The SMILES string of the molecule is Cc1nn(C)c(C)c1CC(=O)N1CCC[C@@H](c2cc(F)ccc2F)C1. The number of nitrogens with zero attached hydrogens (tertiary/aromatic N) is 3. The van der Waals surface area contributed by atoms with Crippen LogP contribution in [-0.4, -0.2) is 33.7 Å². The van der Waals surface area contributed by atoms with Gasteiger partial charge < -0.3 is 4.90 Å². The Labute approximate surface area is 146 Å². The number of carbonyl (C=O) groups excluding carboxylic acids is 1. The minimum Gasteiger partial charge on any atom is -0.342 e. The highest BCUT2D eigenvalue weighted by molar-refractivity contribution is 5.79. The number of amides is 1. The van der Waals surface area contributed by atoms with E-state index in [2.05, 4.69) is 5.10 Å². The zero-order valence-corrected chi connectivity index (χ0v) is 14.9. The molecule has 1 aromatic carbocycles. The average molecular weight is 347 g/mol. The number of aromatic nitrogens is 2. The second-order valence-electron chi connectivity index (χ2n) is 6.79. The van der Waals surface area contributed by atoms with Crippen molar-refractivity contribution in [2.45, 2.75) is 39.0 Å². The summed E-state index contributed by atoms with van der Waals surface area (Å²) in [6.07, 6.45) is 1.84. The largest absolute Gasteiger partial charge is 0.342 e. The highest BCUT2D eigenvalue weighted by Gasteiger charge is 2.27. The molecule has 0 bridgehead atoms. The number of rotatable bonds is 3. The van der Waals surface area contributed by atoms with Gasteiger partial charge in [0.25, 0.3) is 0 Å². The van der Waals surface area contributed by atoms with Crippen molar-refractivity contribution < 1.29 is 13.6 Å². The average Bonchev–Trinajstić information content (AvgIpc) is 2.83. The van der Waals surface area contributed by atoms with E-state index in [-0.39, 0.29) is 11.8 Å². The summed E-state index contributed by atoms with van der Waals surface area (Å²) in [5, 5.41) is 4.35. The van der Waals surface area contributed by atoms with Crippen molar-refractivity contribution in [2.24, 2.45) is 7.05 Å². The zero-order valence-electron chi connectivity index (χ0n) is 14.9. The van der Waals surface area contributed by atoms with Crippen LogP contribution in [0.1, 0.15) is 41.3 Å². The van der Waals surface area contributed by atoms with Gasteiger partial charge in [-0.2, -0.15) is 5.10 Å². The third-order valence-corrected chi connectivity index (χ3v) is 5.16. The van der Waals surface area contributed by atoms with Gasteiger partial charge >= 0.3 is 0 Å². The van der Waals surface area contributed by atoms with Crippen LogP contribution >= 0.6 is 0 Å². The van der Waals surface area contributed by atoms with E-state index in [1.54, 1.807) is 9.58 Å². The summed E-state index contributed by atoms with van der Waals surface area (Å²) in [5.74, 6) is -0.994. The van der Waals surface area contributed by atoms with E-state index in [4.69, 9.17) is 0 Å². The highest BCUT2D eigenvalue weighted by Crippen LogP contribution is 2.29. The number of piperidine rings is 1. The van der Waals surface area contributed by atoms with Crippen LogP contribution in [0.4, 0.5) is 8.78 Å². The fraction of sp³-hybridized carbons (Fsp3) is 0.474. The van der Waals surface area contributed by atoms with Crippen LogP contribution in [-0.2, 0) is 18.3 Å². The predicted molar refractivity (Wildman–Crippen MR) is 91.3 cm³/mol. The maximum Gasteiger partial charge on any atom is 0.227 e. The Kier molecular flexibility index (Phi) is 4.88. The second-order valence-corrected chi connectivity index (χ2v) is 6.79. The third-order valence-electron chi connectivity index (χ3n) is 5.16. The van der Waals surface area contributed by atoms with Crippen LogP contribution in [0.15, 0.2) is 18.2 Å². The van der Waals surface area contributed by atoms with Crippen LogP contribution in [0.5, 0.6) is 0 Å². The molecule has 1 aliphatic heterocycles. The molecular formula is C19H23F2N3O.